The van der Waals surface area contributed by atoms with Gasteiger partial charge in [0.15, 0.2) is 0 Å². The van der Waals surface area contributed by atoms with Crippen molar-refractivity contribution in [3.05, 3.63) is 59.2 Å². The predicted octanol–water partition coefficient (Wildman–Crippen LogP) is 2.96. The maximum Gasteiger partial charge on any atom is 0.335 e. The molecule has 3 rings (SSSR count). The molecule has 0 amide bonds. The quantitative estimate of drug-likeness (QED) is 0.937. The molecule has 21 heavy (non-hydrogen) atoms. The standard InChI is InChI=1S/C17H17NO3/c1-21-16-10-13(17(19)20)6-7-14(16)11-18-9-8-12-4-2-3-5-15(12)18/h2-7,10H,8-9,11H2,1H3,(H,19,20). The average molecular weight is 283 g/mol. The van der Waals surface area contributed by atoms with Crippen molar-refractivity contribution in [3.63, 3.8) is 0 Å². The van der Waals surface area contributed by atoms with Crippen LogP contribution in [0.2, 0.25) is 0 Å². The summed E-state index contributed by atoms with van der Waals surface area (Å²) in [7, 11) is 1.57. The fraction of sp³-hybridized carbons (Fsp3) is 0.235. The van der Waals surface area contributed by atoms with E-state index in [1.165, 1.54) is 11.3 Å². The fourth-order valence-electron chi connectivity index (χ4n) is 2.78. The summed E-state index contributed by atoms with van der Waals surface area (Å²) in [4.78, 5) is 13.3. The largest absolute Gasteiger partial charge is 0.496 e. The summed E-state index contributed by atoms with van der Waals surface area (Å²) in [6.07, 6.45) is 1.05. The lowest BCUT2D eigenvalue weighted by molar-refractivity contribution is 0.0696. The van der Waals surface area contributed by atoms with E-state index in [9.17, 15) is 4.79 Å². The molecule has 2 aromatic carbocycles. The summed E-state index contributed by atoms with van der Waals surface area (Å²) < 4.78 is 5.34. The Morgan fingerprint density at radius 1 is 1.29 bits per heavy atom. The van der Waals surface area contributed by atoms with E-state index < -0.39 is 5.97 Å². The highest BCUT2D eigenvalue weighted by molar-refractivity contribution is 5.88. The number of methoxy groups -OCH3 is 1. The molecular weight excluding hydrogens is 266 g/mol. The second-order valence-electron chi connectivity index (χ2n) is 5.13. The fourth-order valence-corrected chi connectivity index (χ4v) is 2.78. The number of carbonyl (C=O) groups is 1. The second kappa shape index (κ2) is 5.48. The van der Waals surface area contributed by atoms with Crippen LogP contribution < -0.4 is 9.64 Å². The molecule has 1 heterocycles. The minimum atomic E-state index is -0.939. The molecule has 0 saturated heterocycles. The Morgan fingerprint density at radius 3 is 2.86 bits per heavy atom. The number of hydrogen-bond donors (Lipinski definition) is 1. The molecule has 1 aliphatic heterocycles. The maximum absolute atomic E-state index is 11.0. The van der Waals surface area contributed by atoms with Gasteiger partial charge in [0.2, 0.25) is 0 Å². The number of carboxylic acids is 1. The van der Waals surface area contributed by atoms with Crippen LogP contribution in [-0.4, -0.2) is 24.7 Å². The Hall–Kier alpha value is -2.49. The van der Waals surface area contributed by atoms with E-state index in [2.05, 4.69) is 23.1 Å². The van der Waals surface area contributed by atoms with Gasteiger partial charge in [-0.3, -0.25) is 0 Å². The van der Waals surface area contributed by atoms with Crippen LogP contribution in [0.3, 0.4) is 0 Å². The Bertz CT molecular complexity index is 681. The second-order valence-corrected chi connectivity index (χ2v) is 5.13. The van der Waals surface area contributed by atoms with Crippen molar-refractivity contribution >= 4 is 11.7 Å². The van der Waals surface area contributed by atoms with E-state index in [1.807, 2.05) is 12.1 Å². The van der Waals surface area contributed by atoms with E-state index in [0.717, 1.165) is 25.1 Å². The molecule has 0 aliphatic carbocycles. The van der Waals surface area contributed by atoms with Gasteiger partial charge in [-0.05, 0) is 30.2 Å². The highest BCUT2D eigenvalue weighted by Gasteiger charge is 2.20. The lowest BCUT2D eigenvalue weighted by atomic mass is 10.1. The number of anilines is 1. The number of fused-ring (bicyclic) bond motifs is 1. The third kappa shape index (κ3) is 2.57. The zero-order chi connectivity index (χ0) is 14.8. The van der Waals surface area contributed by atoms with Crippen LogP contribution in [0.1, 0.15) is 21.5 Å². The van der Waals surface area contributed by atoms with Crippen LogP contribution in [0.4, 0.5) is 5.69 Å². The Balaban J connectivity index is 1.87. The van der Waals surface area contributed by atoms with Crippen LogP contribution in [0, 0.1) is 0 Å². The predicted molar refractivity (Wildman–Crippen MR) is 81.1 cm³/mol. The van der Waals surface area contributed by atoms with Crippen molar-refractivity contribution in [2.75, 3.05) is 18.6 Å². The van der Waals surface area contributed by atoms with Gasteiger partial charge in [-0.1, -0.05) is 24.3 Å². The zero-order valence-electron chi connectivity index (χ0n) is 11.9. The summed E-state index contributed by atoms with van der Waals surface area (Å²) in [6, 6.07) is 13.4. The van der Waals surface area contributed by atoms with Gasteiger partial charge in [0.1, 0.15) is 5.75 Å². The van der Waals surface area contributed by atoms with Crippen LogP contribution >= 0.6 is 0 Å². The summed E-state index contributed by atoms with van der Waals surface area (Å²) in [5.41, 5.74) is 3.86. The third-order valence-electron chi connectivity index (χ3n) is 3.88. The monoisotopic (exact) mass is 283 g/mol. The van der Waals surface area contributed by atoms with Gasteiger partial charge < -0.3 is 14.7 Å². The van der Waals surface area contributed by atoms with Gasteiger partial charge in [-0.25, -0.2) is 4.79 Å². The van der Waals surface area contributed by atoms with Crippen molar-refractivity contribution in [3.8, 4) is 5.75 Å². The Morgan fingerprint density at radius 2 is 2.10 bits per heavy atom. The van der Waals surface area contributed by atoms with Gasteiger partial charge in [0, 0.05) is 24.3 Å². The molecule has 1 aliphatic rings. The SMILES string of the molecule is COc1cc(C(=O)O)ccc1CN1CCc2ccccc21. The van der Waals surface area contributed by atoms with Gasteiger partial charge in [-0.2, -0.15) is 0 Å². The number of benzene rings is 2. The first-order chi connectivity index (χ1) is 10.2. The van der Waals surface area contributed by atoms with E-state index >= 15 is 0 Å². The van der Waals surface area contributed by atoms with Crippen molar-refractivity contribution in [2.45, 2.75) is 13.0 Å². The van der Waals surface area contributed by atoms with E-state index in [4.69, 9.17) is 9.84 Å². The smallest absolute Gasteiger partial charge is 0.335 e. The highest BCUT2D eigenvalue weighted by atomic mass is 16.5. The summed E-state index contributed by atoms with van der Waals surface area (Å²) in [6.45, 7) is 1.70. The molecule has 0 unspecified atom stereocenters. The highest BCUT2D eigenvalue weighted by Crippen LogP contribution is 2.31. The zero-order valence-corrected chi connectivity index (χ0v) is 11.9. The van der Waals surface area contributed by atoms with Gasteiger partial charge in [0.05, 0.1) is 12.7 Å². The number of hydrogen-bond acceptors (Lipinski definition) is 3. The number of para-hydroxylation sites is 1. The lowest BCUT2D eigenvalue weighted by Crippen LogP contribution is -2.20. The van der Waals surface area contributed by atoms with Crippen molar-refractivity contribution in [2.24, 2.45) is 0 Å². The molecule has 4 nitrogen and oxygen atoms in total. The molecule has 0 spiro atoms. The van der Waals surface area contributed by atoms with E-state index in [-0.39, 0.29) is 5.56 Å². The molecule has 0 fully saturated rings. The molecule has 0 radical (unpaired) electrons. The molecule has 0 atom stereocenters. The third-order valence-corrected chi connectivity index (χ3v) is 3.88. The Labute approximate surface area is 123 Å². The molecular formula is C17H17NO3. The molecule has 108 valence electrons. The maximum atomic E-state index is 11.0. The van der Waals surface area contributed by atoms with Crippen molar-refractivity contribution in [1.82, 2.24) is 0 Å². The first kappa shape index (κ1) is 13.5. The van der Waals surface area contributed by atoms with Gasteiger partial charge in [-0.15, -0.1) is 0 Å². The normalized spacial score (nSPS) is 13.1. The molecule has 1 N–H and O–H groups in total. The molecule has 4 heteroatoms. The number of aromatic carboxylic acids is 1. The van der Waals surface area contributed by atoms with Gasteiger partial charge >= 0.3 is 5.97 Å². The minimum Gasteiger partial charge on any atom is -0.496 e. The van der Waals surface area contributed by atoms with Crippen LogP contribution in [-0.2, 0) is 13.0 Å². The minimum absolute atomic E-state index is 0.248. The van der Waals surface area contributed by atoms with Crippen LogP contribution in [0.25, 0.3) is 0 Å². The lowest BCUT2D eigenvalue weighted by Gasteiger charge is -2.21. The van der Waals surface area contributed by atoms with E-state index in [0.29, 0.717) is 5.75 Å². The first-order valence-electron chi connectivity index (χ1n) is 6.92. The average Bonchev–Trinajstić information content (AvgIpc) is 2.91. The molecule has 0 bridgehead atoms. The number of ether oxygens (including phenoxy) is 1. The molecule has 2 aromatic rings. The number of nitrogens with zero attached hydrogens (tertiary/aromatic N) is 1. The molecule has 0 saturated carbocycles. The van der Waals surface area contributed by atoms with E-state index in [1.54, 1.807) is 19.2 Å². The first-order valence-corrected chi connectivity index (χ1v) is 6.92. The van der Waals surface area contributed by atoms with Crippen LogP contribution in [0.15, 0.2) is 42.5 Å². The number of rotatable bonds is 4. The molecule has 0 aromatic heterocycles. The number of carboxylic acid groups (broad SMARTS) is 1. The van der Waals surface area contributed by atoms with Crippen molar-refractivity contribution in [1.29, 1.82) is 0 Å². The summed E-state index contributed by atoms with van der Waals surface area (Å²) >= 11 is 0. The Kier molecular flexibility index (Phi) is 3.52. The van der Waals surface area contributed by atoms with Gasteiger partial charge in [0.25, 0.3) is 0 Å². The summed E-state index contributed by atoms with van der Waals surface area (Å²) in [5, 5.41) is 9.04. The van der Waals surface area contributed by atoms with Crippen molar-refractivity contribution < 1.29 is 14.6 Å². The summed E-state index contributed by atoms with van der Waals surface area (Å²) in [5.74, 6) is -0.314. The topological polar surface area (TPSA) is 49.8 Å². The van der Waals surface area contributed by atoms with Crippen LogP contribution in [0.5, 0.6) is 5.75 Å².